The van der Waals surface area contributed by atoms with Crippen LogP contribution in [0.3, 0.4) is 0 Å². The topological polar surface area (TPSA) is 15.3 Å². The predicted molar refractivity (Wildman–Crippen MR) is 69.7 cm³/mol. The van der Waals surface area contributed by atoms with Gasteiger partial charge in [-0.1, -0.05) is 12.8 Å². The third-order valence-corrected chi connectivity index (χ3v) is 4.56. The Kier molecular flexibility index (Phi) is 4.26. The SMILES string of the molecule is CC(NC1CCN(C(C)C)C1)C1CCCC1. The molecule has 1 saturated carbocycles. The first-order valence-electron chi connectivity index (χ1n) is 7.17. The summed E-state index contributed by atoms with van der Waals surface area (Å²) >= 11 is 0. The van der Waals surface area contributed by atoms with E-state index < -0.39 is 0 Å². The van der Waals surface area contributed by atoms with Crippen molar-refractivity contribution in [2.75, 3.05) is 13.1 Å². The molecule has 2 atom stereocenters. The van der Waals surface area contributed by atoms with E-state index in [4.69, 9.17) is 0 Å². The van der Waals surface area contributed by atoms with E-state index in [1.807, 2.05) is 0 Å². The maximum atomic E-state index is 3.86. The lowest BCUT2D eigenvalue weighted by atomic mass is 9.99. The van der Waals surface area contributed by atoms with Gasteiger partial charge in [-0.15, -0.1) is 0 Å². The second-order valence-corrected chi connectivity index (χ2v) is 6.07. The Balaban J connectivity index is 1.73. The van der Waals surface area contributed by atoms with Crippen LogP contribution in [0.15, 0.2) is 0 Å². The highest BCUT2D eigenvalue weighted by Crippen LogP contribution is 2.28. The third kappa shape index (κ3) is 2.98. The maximum absolute atomic E-state index is 3.86. The number of rotatable bonds is 4. The summed E-state index contributed by atoms with van der Waals surface area (Å²) in [4.78, 5) is 2.60. The smallest absolute Gasteiger partial charge is 0.0209 e. The first-order chi connectivity index (χ1) is 7.66. The molecule has 0 radical (unpaired) electrons. The second-order valence-electron chi connectivity index (χ2n) is 6.07. The van der Waals surface area contributed by atoms with Crippen molar-refractivity contribution < 1.29 is 0 Å². The summed E-state index contributed by atoms with van der Waals surface area (Å²) in [5.41, 5.74) is 0. The van der Waals surface area contributed by atoms with Crippen molar-refractivity contribution in [3.05, 3.63) is 0 Å². The van der Waals surface area contributed by atoms with Crippen molar-refractivity contribution in [2.45, 2.75) is 71.0 Å². The van der Waals surface area contributed by atoms with Gasteiger partial charge in [0.05, 0.1) is 0 Å². The van der Waals surface area contributed by atoms with Crippen LogP contribution in [-0.2, 0) is 0 Å². The van der Waals surface area contributed by atoms with Gasteiger partial charge in [-0.25, -0.2) is 0 Å². The quantitative estimate of drug-likeness (QED) is 0.790. The standard InChI is InChI=1S/C14H28N2/c1-11(2)16-9-8-14(10-16)15-12(3)13-6-4-5-7-13/h11-15H,4-10H2,1-3H3. The van der Waals surface area contributed by atoms with Crippen molar-refractivity contribution in [3.8, 4) is 0 Å². The van der Waals surface area contributed by atoms with Crippen LogP contribution in [-0.4, -0.2) is 36.1 Å². The molecule has 2 unspecified atom stereocenters. The van der Waals surface area contributed by atoms with Crippen molar-refractivity contribution in [1.82, 2.24) is 10.2 Å². The van der Waals surface area contributed by atoms with Gasteiger partial charge in [-0.05, 0) is 52.5 Å². The average Bonchev–Trinajstić information content (AvgIpc) is 2.87. The highest BCUT2D eigenvalue weighted by molar-refractivity contribution is 4.87. The van der Waals surface area contributed by atoms with Crippen LogP contribution in [0.25, 0.3) is 0 Å². The third-order valence-electron chi connectivity index (χ3n) is 4.56. The summed E-state index contributed by atoms with van der Waals surface area (Å²) in [7, 11) is 0. The van der Waals surface area contributed by atoms with Gasteiger partial charge >= 0.3 is 0 Å². The minimum Gasteiger partial charge on any atom is -0.310 e. The molecule has 0 bridgehead atoms. The van der Waals surface area contributed by atoms with Gasteiger partial charge in [0.25, 0.3) is 0 Å². The van der Waals surface area contributed by atoms with Crippen LogP contribution >= 0.6 is 0 Å². The molecule has 1 saturated heterocycles. The fourth-order valence-corrected chi connectivity index (χ4v) is 3.36. The molecule has 1 aliphatic heterocycles. The molecule has 1 heterocycles. The highest BCUT2D eigenvalue weighted by atomic mass is 15.2. The van der Waals surface area contributed by atoms with Crippen LogP contribution < -0.4 is 5.32 Å². The minimum absolute atomic E-state index is 0.716. The number of hydrogen-bond donors (Lipinski definition) is 1. The van der Waals surface area contributed by atoms with Crippen molar-refractivity contribution in [3.63, 3.8) is 0 Å². The molecule has 2 rings (SSSR count). The Morgan fingerprint density at radius 1 is 1.06 bits per heavy atom. The van der Waals surface area contributed by atoms with Crippen molar-refractivity contribution >= 4 is 0 Å². The Morgan fingerprint density at radius 2 is 1.75 bits per heavy atom. The number of nitrogens with zero attached hydrogens (tertiary/aromatic N) is 1. The van der Waals surface area contributed by atoms with Gasteiger partial charge < -0.3 is 5.32 Å². The van der Waals surface area contributed by atoms with Crippen LogP contribution in [0, 0.1) is 5.92 Å². The molecule has 2 heteroatoms. The molecule has 0 aromatic carbocycles. The highest BCUT2D eigenvalue weighted by Gasteiger charge is 2.28. The molecule has 2 aliphatic rings. The Morgan fingerprint density at radius 3 is 2.31 bits per heavy atom. The number of likely N-dealkylation sites (tertiary alicyclic amines) is 1. The summed E-state index contributed by atoms with van der Waals surface area (Å²) in [6.07, 6.45) is 7.16. The first-order valence-corrected chi connectivity index (χ1v) is 7.17. The normalized spacial score (nSPS) is 30.4. The Bertz CT molecular complexity index is 209. The lowest BCUT2D eigenvalue weighted by Gasteiger charge is -2.25. The van der Waals surface area contributed by atoms with Crippen LogP contribution in [0.2, 0.25) is 0 Å². The van der Waals surface area contributed by atoms with E-state index in [1.54, 1.807) is 0 Å². The van der Waals surface area contributed by atoms with Gasteiger partial charge in [0, 0.05) is 24.7 Å². The zero-order chi connectivity index (χ0) is 11.5. The molecule has 16 heavy (non-hydrogen) atoms. The van der Waals surface area contributed by atoms with Crippen LogP contribution in [0.5, 0.6) is 0 Å². The molecule has 0 aromatic heterocycles. The van der Waals surface area contributed by atoms with E-state index in [2.05, 4.69) is 31.0 Å². The molecule has 1 N–H and O–H groups in total. The molecule has 0 aromatic rings. The summed E-state index contributed by atoms with van der Waals surface area (Å²) in [5, 5.41) is 3.86. The second kappa shape index (κ2) is 5.50. The van der Waals surface area contributed by atoms with E-state index in [1.165, 1.54) is 45.2 Å². The van der Waals surface area contributed by atoms with Gasteiger partial charge in [0.1, 0.15) is 0 Å². The lowest BCUT2D eigenvalue weighted by molar-refractivity contribution is 0.260. The molecule has 0 spiro atoms. The van der Waals surface area contributed by atoms with Gasteiger partial charge in [-0.3, -0.25) is 4.90 Å². The average molecular weight is 224 g/mol. The molecule has 2 nitrogen and oxygen atoms in total. The van der Waals surface area contributed by atoms with E-state index in [0.717, 1.165) is 18.0 Å². The molecule has 1 aliphatic carbocycles. The number of hydrogen-bond acceptors (Lipinski definition) is 2. The lowest BCUT2D eigenvalue weighted by Crippen LogP contribution is -2.42. The van der Waals surface area contributed by atoms with Gasteiger partial charge in [0.15, 0.2) is 0 Å². The molecule has 94 valence electrons. The fourth-order valence-electron chi connectivity index (χ4n) is 3.36. The summed E-state index contributed by atoms with van der Waals surface area (Å²) in [6, 6.07) is 2.20. The molecular weight excluding hydrogens is 196 g/mol. The largest absolute Gasteiger partial charge is 0.310 e. The molecule has 0 amide bonds. The Labute approximate surface area is 101 Å². The van der Waals surface area contributed by atoms with Crippen LogP contribution in [0.1, 0.15) is 52.9 Å². The van der Waals surface area contributed by atoms with Crippen molar-refractivity contribution in [2.24, 2.45) is 5.92 Å². The predicted octanol–water partition coefficient (Wildman–Crippen LogP) is 2.64. The first kappa shape index (κ1) is 12.4. The van der Waals surface area contributed by atoms with Gasteiger partial charge in [-0.2, -0.15) is 0 Å². The zero-order valence-electron chi connectivity index (χ0n) is 11.2. The summed E-state index contributed by atoms with van der Waals surface area (Å²) < 4.78 is 0. The van der Waals surface area contributed by atoms with E-state index in [-0.39, 0.29) is 0 Å². The fraction of sp³-hybridized carbons (Fsp3) is 1.00. The monoisotopic (exact) mass is 224 g/mol. The summed E-state index contributed by atoms with van der Waals surface area (Å²) in [5.74, 6) is 0.952. The minimum atomic E-state index is 0.716. The molecular formula is C14H28N2. The number of nitrogens with one attached hydrogen (secondary N) is 1. The van der Waals surface area contributed by atoms with E-state index in [0.29, 0.717) is 6.04 Å². The Hall–Kier alpha value is -0.0800. The summed E-state index contributed by atoms with van der Waals surface area (Å²) in [6.45, 7) is 9.56. The zero-order valence-corrected chi connectivity index (χ0v) is 11.2. The van der Waals surface area contributed by atoms with E-state index >= 15 is 0 Å². The van der Waals surface area contributed by atoms with Crippen molar-refractivity contribution in [1.29, 1.82) is 0 Å². The van der Waals surface area contributed by atoms with E-state index in [9.17, 15) is 0 Å². The van der Waals surface area contributed by atoms with Gasteiger partial charge in [0.2, 0.25) is 0 Å². The molecule has 2 fully saturated rings. The maximum Gasteiger partial charge on any atom is 0.0209 e. The van der Waals surface area contributed by atoms with Crippen LogP contribution in [0.4, 0.5) is 0 Å².